The summed E-state index contributed by atoms with van der Waals surface area (Å²) < 4.78 is 0. The molecule has 0 aliphatic carbocycles. The molecule has 0 saturated carbocycles. The third kappa shape index (κ3) is 2.74. The molecule has 0 bridgehead atoms. The molecule has 1 aliphatic rings. The van der Waals surface area contributed by atoms with Crippen molar-refractivity contribution >= 4 is 23.2 Å². The second kappa shape index (κ2) is 5.41. The number of aryl methyl sites for hydroxylation is 2. The molecule has 2 aromatic rings. The van der Waals surface area contributed by atoms with Gasteiger partial charge in [0.2, 0.25) is 0 Å². The molecule has 108 valence electrons. The number of aliphatic imine (C=N–C) groups is 1. The number of nitrogens with zero attached hydrogens (tertiary/aromatic N) is 2. The molecule has 0 saturated heterocycles. The molecular weight excluding hydrogens is 282 g/mol. The van der Waals surface area contributed by atoms with Crippen LogP contribution >= 0.6 is 11.6 Å². The van der Waals surface area contributed by atoms with Crippen molar-refractivity contribution in [3.8, 4) is 0 Å². The lowest BCUT2D eigenvalue weighted by atomic mass is 10.0. The van der Waals surface area contributed by atoms with Gasteiger partial charge in [0.05, 0.1) is 12.6 Å². The van der Waals surface area contributed by atoms with Crippen molar-refractivity contribution in [2.75, 3.05) is 11.4 Å². The molecule has 0 spiro atoms. The quantitative estimate of drug-likeness (QED) is 0.915. The maximum Gasteiger partial charge on any atom is 0.196 e. The number of guanidine groups is 1. The van der Waals surface area contributed by atoms with Crippen molar-refractivity contribution in [2.45, 2.75) is 19.9 Å². The van der Waals surface area contributed by atoms with Gasteiger partial charge in [-0.15, -0.1) is 0 Å². The van der Waals surface area contributed by atoms with Crippen LogP contribution in [0.2, 0.25) is 5.02 Å². The normalized spacial score (nSPS) is 18.0. The molecule has 2 N–H and O–H groups in total. The van der Waals surface area contributed by atoms with Crippen molar-refractivity contribution in [3.63, 3.8) is 0 Å². The van der Waals surface area contributed by atoms with Gasteiger partial charge in [0, 0.05) is 10.7 Å². The Balaban J connectivity index is 2.02. The van der Waals surface area contributed by atoms with Crippen LogP contribution in [0.5, 0.6) is 0 Å². The lowest BCUT2D eigenvalue weighted by Crippen LogP contribution is -2.36. The van der Waals surface area contributed by atoms with E-state index >= 15 is 0 Å². The molecule has 0 amide bonds. The standard InChI is InChI=1S/C17H18ClN3/c1-11-6-12(2)8-13(7-11)16-10-20-17(19)21(16)15-5-3-4-14(18)9-15/h3-9,16H,10H2,1-2H3,(H2,19,20). The van der Waals surface area contributed by atoms with Crippen molar-refractivity contribution in [1.82, 2.24) is 0 Å². The summed E-state index contributed by atoms with van der Waals surface area (Å²) in [7, 11) is 0. The average molecular weight is 300 g/mol. The third-order valence-electron chi connectivity index (χ3n) is 3.70. The predicted molar refractivity (Wildman–Crippen MR) is 89.1 cm³/mol. The van der Waals surface area contributed by atoms with Gasteiger partial charge in [-0.1, -0.05) is 47.0 Å². The topological polar surface area (TPSA) is 41.6 Å². The Kier molecular flexibility index (Phi) is 3.60. The largest absolute Gasteiger partial charge is 0.369 e. The summed E-state index contributed by atoms with van der Waals surface area (Å²) >= 11 is 6.11. The van der Waals surface area contributed by atoms with E-state index in [1.165, 1.54) is 16.7 Å². The molecule has 1 heterocycles. The van der Waals surface area contributed by atoms with Gasteiger partial charge in [0.1, 0.15) is 0 Å². The Hall–Kier alpha value is -2.00. The van der Waals surface area contributed by atoms with Crippen molar-refractivity contribution in [2.24, 2.45) is 10.7 Å². The van der Waals surface area contributed by atoms with Crippen LogP contribution in [0.1, 0.15) is 22.7 Å². The number of rotatable bonds is 2. The molecule has 1 atom stereocenters. The summed E-state index contributed by atoms with van der Waals surface area (Å²) in [4.78, 5) is 6.47. The fourth-order valence-corrected chi connectivity index (χ4v) is 3.08. The summed E-state index contributed by atoms with van der Waals surface area (Å²) in [5, 5.41) is 0.700. The summed E-state index contributed by atoms with van der Waals surface area (Å²) in [6.45, 7) is 4.89. The third-order valence-corrected chi connectivity index (χ3v) is 3.93. The number of nitrogens with two attached hydrogens (primary N) is 1. The van der Waals surface area contributed by atoms with E-state index in [1.54, 1.807) is 0 Å². The van der Waals surface area contributed by atoms with Crippen LogP contribution in [0.25, 0.3) is 0 Å². The first-order chi connectivity index (χ1) is 10.0. The number of benzene rings is 2. The lowest BCUT2D eigenvalue weighted by Gasteiger charge is -2.27. The Morgan fingerprint density at radius 3 is 2.52 bits per heavy atom. The number of hydrogen-bond acceptors (Lipinski definition) is 3. The van der Waals surface area contributed by atoms with Crippen molar-refractivity contribution < 1.29 is 0 Å². The number of halogens is 1. The summed E-state index contributed by atoms with van der Waals surface area (Å²) in [6.07, 6.45) is 0. The maximum atomic E-state index is 6.11. The molecule has 0 aromatic heterocycles. The highest BCUT2D eigenvalue weighted by molar-refractivity contribution is 6.30. The van der Waals surface area contributed by atoms with Gasteiger partial charge in [-0.2, -0.15) is 0 Å². The van der Waals surface area contributed by atoms with E-state index < -0.39 is 0 Å². The van der Waals surface area contributed by atoms with Gasteiger partial charge >= 0.3 is 0 Å². The Bertz CT molecular complexity index is 689. The first-order valence-electron chi connectivity index (χ1n) is 6.97. The highest BCUT2D eigenvalue weighted by Crippen LogP contribution is 2.33. The zero-order chi connectivity index (χ0) is 15.0. The van der Waals surface area contributed by atoms with Crippen LogP contribution in [0.15, 0.2) is 47.5 Å². The molecule has 4 heteroatoms. The molecule has 0 radical (unpaired) electrons. The highest BCUT2D eigenvalue weighted by Gasteiger charge is 2.29. The van der Waals surface area contributed by atoms with E-state index in [9.17, 15) is 0 Å². The first kappa shape index (κ1) is 14.0. The Labute approximate surface area is 130 Å². The zero-order valence-electron chi connectivity index (χ0n) is 12.2. The number of anilines is 1. The van der Waals surface area contributed by atoms with Gasteiger partial charge in [0.25, 0.3) is 0 Å². The summed E-state index contributed by atoms with van der Waals surface area (Å²) in [6, 6.07) is 14.4. The Morgan fingerprint density at radius 2 is 1.86 bits per heavy atom. The van der Waals surface area contributed by atoms with Crippen LogP contribution in [-0.2, 0) is 0 Å². The molecule has 1 aliphatic heterocycles. The van der Waals surface area contributed by atoms with Gasteiger partial charge in [-0.3, -0.25) is 4.99 Å². The van der Waals surface area contributed by atoms with E-state index in [-0.39, 0.29) is 6.04 Å². The Morgan fingerprint density at radius 1 is 1.14 bits per heavy atom. The van der Waals surface area contributed by atoms with Crippen molar-refractivity contribution in [1.29, 1.82) is 0 Å². The average Bonchev–Trinajstić information content (AvgIpc) is 2.79. The molecule has 2 aromatic carbocycles. The van der Waals surface area contributed by atoms with Crippen LogP contribution in [0.4, 0.5) is 5.69 Å². The smallest absolute Gasteiger partial charge is 0.196 e. The van der Waals surface area contributed by atoms with E-state index in [1.807, 2.05) is 24.3 Å². The summed E-state index contributed by atoms with van der Waals surface area (Å²) in [5.41, 5.74) is 10.8. The second-order valence-corrected chi connectivity index (χ2v) is 5.92. The molecular formula is C17H18ClN3. The monoisotopic (exact) mass is 299 g/mol. The van der Waals surface area contributed by atoms with E-state index in [4.69, 9.17) is 17.3 Å². The zero-order valence-corrected chi connectivity index (χ0v) is 12.9. The fraction of sp³-hybridized carbons (Fsp3) is 0.235. The van der Waals surface area contributed by atoms with Gasteiger partial charge in [-0.25, -0.2) is 0 Å². The molecule has 3 rings (SSSR count). The molecule has 0 fully saturated rings. The minimum atomic E-state index is 0.127. The molecule has 3 nitrogen and oxygen atoms in total. The van der Waals surface area contributed by atoms with Crippen LogP contribution in [-0.4, -0.2) is 12.5 Å². The predicted octanol–water partition coefficient (Wildman–Crippen LogP) is 3.83. The van der Waals surface area contributed by atoms with Gasteiger partial charge < -0.3 is 10.6 Å². The second-order valence-electron chi connectivity index (χ2n) is 5.49. The van der Waals surface area contributed by atoms with Gasteiger partial charge in [0.15, 0.2) is 5.96 Å². The van der Waals surface area contributed by atoms with E-state index in [0.29, 0.717) is 17.5 Å². The number of hydrogen-bond donors (Lipinski definition) is 1. The van der Waals surface area contributed by atoms with Crippen molar-refractivity contribution in [3.05, 3.63) is 64.2 Å². The van der Waals surface area contributed by atoms with E-state index in [2.05, 4.69) is 41.9 Å². The minimum absolute atomic E-state index is 0.127. The highest BCUT2D eigenvalue weighted by atomic mass is 35.5. The SMILES string of the molecule is Cc1cc(C)cc(C2CN=C(N)N2c2cccc(Cl)c2)c1. The van der Waals surface area contributed by atoms with Crippen LogP contribution < -0.4 is 10.6 Å². The van der Waals surface area contributed by atoms with Crippen LogP contribution in [0, 0.1) is 13.8 Å². The van der Waals surface area contributed by atoms with Gasteiger partial charge in [-0.05, 0) is 37.6 Å². The summed E-state index contributed by atoms with van der Waals surface area (Å²) in [5.74, 6) is 0.543. The molecule has 1 unspecified atom stereocenters. The van der Waals surface area contributed by atoms with E-state index in [0.717, 1.165) is 5.69 Å². The minimum Gasteiger partial charge on any atom is -0.369 e. The fourth-order valence-electron chi connectivity index (χ4n) is 2.89. The lowest BCUT2D eigenvalue weighted by molar-refractivity contribution is 0.767. The van der Waals surface area contributed by atoms with Crippen LogP contribution in [0.3, 0.4) is 0 Å². The first-order valence-corrected chi connectivity index (χ1v) is 7.35. The molecule has 21 heavy (non-hydrogen) atoms. The maximum absolute atomic E-state index is 6.11.